The van der Waals surface area contributed by atoms with Crippen LogP contribution in [0, 0.1) is 0 Å². The summed E-state index contributed by atoms with van der Waals surface area (Å²) in [5, 5.41) is 15.3. The number of hydrogen-bond acceptors (Lipinski definition) is 20. The third-order valence-electron chi connectivity index (χ3n) is 15.1. The van der Waals surface area contributed by atoms with Crippen LogP contribution in [-0.2, 0) is 110 Å². The van der Waals surface area contributed by atoms with Crippen LogP contribution in [0.1, 0.15) is 88.1 Å². The lowest BCUT2D eigenvalue weighted by molar-refractivity contribution is -0.228. The Balaban J connectivity index is 1.22. The zero-order valence-corrected chi connectivity index (χ0v) is 53.3. The molecule has 5 aromatic rings. The molecule has 0 radical (unpaired) electrons. The fourth-order valence-electron chi connectivity index (χ4n) is 10.6. The first kappa shape index (κ1) is 72.1. The highest BCUT2D eigenvalue weighted by Gasteiger charge is 2.51. The number of esters is 5. The highest BCUT2D eigenvalue weighted by Crippen LogP contribution is 2.44. The van der Waals surface area contributed by atoms with Crippen LogP contribution in [0.15, 0.2) is 152 Å². The van der Waals surface area contributed by atoms with E-state index in [-0.39, 0.29) is 33.0 Å². The van der Waals surface area contributed by atoms with Gasteiger partial charge in [0.2, 0.25) is 29.5 Å². The zero-order chi connectivity index (χ0) is 68.6. The largest absolute Gasteiger partial charge is 0.463 e. The van der Waals surface area contributed by atoms with Gasteiger partial charge in [-0.15, -0.1) is 0 Å². The van der Waals surface area contributed by atoms with Crippen molar-refractivity contribution in [3.05, 3.63) is 180 Å². The summed E-state index contributed by atoms with van der Waals surface area (Å²) < 4.78 is 51.5. The van der Waals surface area contributed by atoms with Crippen molar-refractivity contribution in [2.45, 2.75) is 147 Å². The van der Waals surface area contributed by atoms with Gasteiger partial charge in [0.25, 0.3) is 0 Å². The summed E-state index contributed by atoms with van der Waals surface area (Å²) in [5.41, 5.74) is 5.46. The first-order valence-electron chi connectivity index (χ1n) is 30.6. The minimum Gasteiger partial charge on any atom is -0.463 e. The van der Waals surface area contributed by atoms with Gasteiger partial charge in [0.15, 0.2) is 18.4 Å². The summed E-state index contributed by atoms with van der Waals surface area (Å²) in [7, 11) is 0. The van der Waals surface area contributed by atoms with Crippen molar-refractivity contribution in [1.82, 2.24) is 31.9 Å². The highest BCUT2D eigenvalue weighted by molar-refractivity contribution is 5.97. The summed E-state index contributed by atoms with van der Waals surface area (Å²) in [5.74, 6) is -10.2. The summed E-state index contributed by atoms with van der Waals surface area (Å²) in [6.07, 6.45) is -10.5. The van der Waals surface area contributed by atoms with Crippen LogP contribution in [0.3, 0.4) is 0 Å². The standard InChI is InChI=1S/C69H78N6O20/c1-8-32-87-68(85)55(34-58(81)91-37-48-26-16-11-17-27-48)71-65(83)59(40(2)88-35-46-22-12-9-13-23-46)75-66(84)60(41(3)89-36-47-24-14-10-15-25-47)74-64(82)54(72-69(86)92-38-53-51-30-20-18-28-49(51)50-29-19-21-31-52(50)53)33-57(80)73-67-61(70-42(4)76)63(94-45(7)79)62(93-44(6)78)56(95-67)39-90-43(5)77/h8-31,40-41,53-56,59-63,67H,1,32-39H2,2-7H3,(H,70,76)(H,71,83)(H,72,86)(H,73,80)(H,74,82)(H,75,84)/t40-,41-,54+,55+,56-,59+,60+,61-,62-,63-,67-/m1/s1. The van der Waals surface area contributed by atoms with Gasteiger partial charge in [-0.2, -0.15) is 0 Å². The number of amides is 6. The lowest BCUT2D eigenvalue weighted by Gasteiger charge is -2.45. The molecule has 504 valence electrons. The van der Waals surface area contributed by atoms with Gasteiger partial charge in [-0.1, -0.05) is 152 Å². The molecule has 0 bridgehead atoms. The molecule has 11 atom stereocenters. The molecule has 1 saturated heterocycles. The Kier molecular flexibility index (Phi) is 27.1. The zero-order valence-electron chi connectivity index (χ0n) is 53.3. The SMILES string of the molecule is C=CCOC(=O)[C@H](CC(=O)OCc1ccccc1)NC(=O)[C@@H](NC(=O)[C@@H](NC(=O)[C@H](CC(=O)N[C@@H]1O[C@H](COC(C)=O)[C@@H](OC(C)=O)[C@H](OC(C)=O)[C@H]1NC(C)=O)NC(=O)OCC1c2ccccc2-c2ccccc21)[C@@H](C)OCc1ccccc1)[C@@H](C)OCc1ccccc1. The van der Waals surface area contributed by atoms with Crippen LogP contribution in [0.2, 0.25) is 0 Å². The van der Waals surface area contributed by atoms with Gasteiger partial charge in [0, 0.05) is 33.6 Å². The molecule has 0 saturated carbocycles. The number of alkyl carbamates (subject to hydrolysis) is 1. The third kappa shape index (κ3) is 21.6. The van der Waals surface area contributed by atoms with Gasteiger partial charge in [0.05, 0.1) is 38.3 Å². The molecule has 0 unspecified atom stereocenters. The normalized spacial score (nSPS) is 18.1. The van der Waals surface area contributed by atoms with Crippen LogP contribution in [0.5, 0.6) is 0 Å². The number of hydrogen-bond donors (Lipinski definition) is 6. The van der Waals surface area contributed by atoms with Crippen molar-refractivity contribution in [3.63, 3.8) is 0 Å². The monoisotopic (exact) mass is 1310 g/mol. The Morgan fingerprint density at radius 2 is 1.00 bits per heavy atom. The van der Waals surface area contributed by atoms with E-state index in [9.17, 15) is 43.2 Å². The van der Waals surface area contributed by atoms with Crippen molar-refractivity contribution in [2.24, 2.45) is 0 Å². The average molecular weight is 1310 g/mol. The van der Waals surface area contributed by atoms with E-state index in [2.05, 4.69) is 38.5 Å². The molecule has 1 aliphatic carbocycles. The minimum absolute atomic E-state index is 0.0954. The number of rotatable bonds is 32. The lowest BCUT2D eigenvalue weighted by atomic mass is 9.94. The molecule has 2 aliphatic rings. The van der Waals surface area contributed by atoms with Gasteiger partial charge >= 0.3 is 35.9 Å². The van der Waals surface area contributed by atoms with E-state index >= 15 is 9.59 Å². The fraction of sp³-hybridized carbons (Fsp3) is 0.377. The van der Waals surface area contributed by atoms with Crippen molar-refractivity contribution in [3.8, 4) is 11.1 Å². The Labute approximate surface area is 548 Å². The summed E-state index contributed by atoms with van der Waals surface area (Å²) in [6, 6.07) is 32.5. The Bertz CT molecular complexity index is 3460. The van der Waals surface area contributed by atoms with Crippen LogP contribution in [0.4, 0.5) is 4.79 Å². The van der Waals surface area contributed by atoms with Crippen LogP contribution >= 0.6 is 0 Å². The smallest absolute Gasteiger partial charge is 0.407 e. The van der Waals surface area contributed by atoms with Crippen molar-refractivity contribution >= 4 is 65.5 Å². The summed E-state index contributed by atoms with van der Waals surface area (Å²) in [6.45, 7) is 9.13. The first-order valence-corrected chi connectivity index (χ1v) is 30.6. The second-order valence-electron chi connectivity index (χ2n) is 22.4. The molecule has 6 N–H and O–H groups in total. The molecular weight excluding hydrogens is 1230 g/mol. The maximum Gasteiger partial charge on any atom is 0.407 e. The number of carbonyl (C=O) groups excluding carboxylic acids is 11. The fourth-order valence-corrected chi connectivity index (χ4v) is 10.6. The quantitative estimate of drug-likeness (QED) is 0.0195. The molecule has 0 aromatic heterocycles. The van der Waals surface area contributed by atoms with Crippen molar-refractivity contribution < 1.29 is 95.4 Å². The highest BCUT2D eigenvalue weighted by atomic mass is 16.6. The van der Waals surface area contributed by atoms with E-state index in [1.807, 2.05) is 48.5 Å². The first-order chi connectivity index (χ1) is 45.6. The van der Waals surface area contributed by atoms with E-state index in [1.54, 1.807) is 91.0 Å². The topological polar surface area (TPSA) is 343 Å². The molecular formula is C69H78N6O20. The van der Waals surface area contributed by atoms with Gasteiger partial charge in [0.1, 0.15) is 62.7 Å². The molecule has 5 aromatic carbocycles. The molecule has 26 heteroatoms. The summed E-state index contributed by atoms with van der Waals surface area (Å²) in [4.78, 5) is 151. The molecule has 7 rings (SSSR count). The van der Waals surface area contributed by atoms with Crippen LogP contribution in [-0.4, -0.2) is 152 Å². The van der Waals surface area contributed by atoms with Gasteiger partial charge in [-0.25, -0.2) is 9.59 Å². The number of carbonyl (C=O) groups is 11. The maximum absolute atomic E-state index is 15.3. The number of ether oxygens (including phenoxy) is 9. The molecule has 95 heavy (non-hydrogen) atoms. The number of fused-ring (bicyclic) bond motifs is 3. The van der Waals surface area contributed by atoms with E-state index in [0.29, 0.717) is 16.7 Å². The van der Waals surface area contributed by atoms with E-state index < -0.39 is 158 Å². The molecule has 1 fully saturated rings. The van der Waals surface area contributed by atoms with Crippen LogP contribution in [0.25, 0.3) is 11.1 Å². The van der Waals surface area contributed by atoms with Crippen LogP contribution < -0.4 is 31.9 Å². The molecule has 1 heterocycles. The van der Waals surface area contributed by atoms with E-state index in [1.165, 1.54) is 19.9 Å². The molecule has 0 spiro atoms. The van der Waals surface area contributed by atoms with Gasteiger partial charge in [-0.05, 0) is 52.8 Å². The number of nitrogens with one attached hydrogen (secondary N) is 6. The Hall–Kier alpha value is -10.3. The lowest BCUT2D eigenvalue weighted by Crippen LogP contribution is -2.69. The average Bonchev–Trinajstić information content (AvgIpc) is 1.71. The van der Waals surface area contributed by atoms with E-state index in [4.69, 9.17) is 42.6 Å². The molecule has 1 aliphatic heterocycles. The molecule has 6 amide bonds. The third-order valence-corrected chi connectivity index (χ3v) is 15.1. The van der Waals surface area contributed by atoms with Gasteiger partial charge in [-0.3, -0.25) is 43.2 Å². The second kappa shape index (κ2) is 35.7. The predicted molar refractivity (Wildman–Crippen MR) is 338 cm³/mol. The second-order valence-corrected chi connectivity index (χ2v) is 22.4. The Morgan fingerprint density at radius 1 is 0.505 bits per heavy atom. The maximum atomic E-state index is 15.3. The minimum atomic E-state index is -1.98. The number of benzene rings is 5. The van der Waals surface area contributed by atoms with Crippen molar-refractivity contribution in [1.29, 1.82) is 0 Å². The van der Waals surface area contributed by atoms with E-state index in [0.717, 1.165) is 49.9 Å². The Morgan fingerprint density at radius 3 is 1.52 bits per heavy atom. The van der Waals surface area contributed by atoms with Crippen molar-refractivity contribution in [2.75, 3.05) is 19.8 Å². The van der Waals surface area contributed by atoms with Gasteiger partial charge < -0.3 is 74.5 Å². The predicted octanol–water partition coefficient (Wildman–Crippen LogP) is 4.58. The summed E-state index contributed by atoms with van der Waals surface area (Å²) >= 11 is 0. The molecule has 26 nitrogen and oxygen atoms in total.